The first kappa shape index (κ1) is 19.3. The Balaban J connectivity index is 0.00000225. The van der Waals surface area contributed by atoms with E-state index >= 15 is 0 Å². The molecule has 0 saturated heterocycles. The number of rotatable bonds is 3. The number of nitrogens with one attached hydrogen (secondary N) is 1. The van der Waals surface area contributed by atoms with Crippen LogP contribution in [0.3, 0.4) is 0 Å². The monoisotopic (exact) mass is 390 g/mol. The smallest absolute Gasteiger partial charge is 0.276 e. The van der Waals surface area contributed by atoms with Crippen molar-refractivity contribution < 1.29 is 21.6 Å². The van der Waals surface area contributed by atoms with Crippen LogP contribution in [-0.2, 0) is 16.3 Å². The van der Waals surface area contributed by atoms with E-state index in [0.29, 0.717) is 22.4 Å². The molecule has 134 valence electrons. The molecule has 0 fully saturated rings. The second-order valence-corrected chi connectivity index (χ2v) is 7.48. The molecule has 0 unspecified atom stereocenters. The first-order valence-corrected chi connectivity index (χ1v) is 8.57. The molecule has 3 rings (SSSR count). The van der Waals surface area contributed by atoms with Crippen molar-refractivity contribution in [1.29, 1.82) is 0 Å². The lowest BCUT2D eigenvalue weighted by Crippen LogP contribution is -2.23. The van der Waals surface area contributed by atoms with Gasteiger partial charge in [-0.25, -0.2) is 8.42 Å². The number of halogens is 4. The Morgan fingerprint density at radius 3 is 2.52 bits per heavy atom. The lowest BCUT2D eigenvalue weighted by atomic mass is 10.0. The van der Waals surface area contributed by atoms with Crippen LogP contribution in [-0.4, -0.2) is 24.1 Å². The van der Waals surface area contributed by atoms with Gasteiger partial charge in [0.2, 0.25) is 0 Å². The predicted octanol–water partition coefficient (Wildman–Crippen LogP) is 4.74. The SMILES string of the molecule is C.O=S(=O)(c1ccc(Cc2cccc(Cl)c2)c2cn[nH]c12)C(F)(F)F. The fourth-order valence-corrected chi connectivity index (χ4v) is 3.57. The molecule has 0 saturated carbocycles. The Kier molecular flexibility index (Phi) is 5.15. The van der Waals surface area contributed by atoms with Crippen molar-refractivity contribution in [2.24, 2.45) is 0 Å². The van der Waals surface area contributed by atoms with Gasteiger partial charge < -0.3 is 0 Å². The van der Waals surface area contributed by atoms with Gasteiger partial charge in [0.05, 0.1) is 11.7 Å². The highest BCUT2D eigenvalue weighted by molar-refractivity contribution is 7.92. The van der Waals surface area contributed by atoms with Gasteiger partial charge in [0.1, 0.15) is 4.90 Å². The Hall–Kier alpha value is -2.06. The van der Waals surface area contributed by atoms with E-state index in [1.807, 2.05) is 6.07 Å². The highest BCUT2D eigenvalue weighted by atomic mass is 35.5. The summed E-state index contributed by atoms with van der Waals surface area (Å²) < 4.78 is 61.8. The Morgan fingerprint density at radius 2 is 1.88 bits per heavy atom. The fraction of sp³-hybridized carbons (Fsp3) is 0.188. The fourth-order valence-electron chi connectivity index (χ4n) is 2.44. The Bertz CT molecular complexity index is 1010. The van der Waals surface area contributed by atoms with Gasteiger partial charge in [0.15, 0.2) is 0 Å². The van der Waals surface area contributed by atoms with Crippen LogP contribution in [0.2, 0.25) is 5.02 Å². The largest absolute Gasteiger partial charge is 0.501 e. The normalized spacial score (nSPS) is 12.2. The summed E-state index contributed by atoms with van der Waals surface area (Å²) in [6.07, 6.45) is 1.69. The molecule has 0 aliphatic heterocycles. The molecule has 1 heterocycles. The molecule has 2 aromatic carbocycles. The zero-order valence-electron chi connectivity index (χ0n) is 11.9. The molecule has 0 aliphatic rings. The zero-order valence-corrected chi connectivity index (χ0v) is 13.5. The molecule has 4 nitrogen and oxygen atoms in total. The first-order valence-electron chi connectivity index (χ1n) is 6.71. The second kappa shape index (κ2) is 6.68. The molecule has 0 amide bonds. The number of hydrogen-bond donors (Lipinski definition) is 1. The van der Waals surface area contributed by atoms with E-state index in [9.17, 15) is 21.6 Å². The molecule has 0 radical (unpaired) electrons. The van der Waals surface area contributed by atoms with Crippen LogP contribution in [0.1, 0.15) is 18.6 Å². The molecular formula is C16H14ClF3N2O2S. The van der Waals surface area contributed by atoms with Crippen molar-refractivity contribution in [2.45, 2.75) is 24.3 Å². The molecule has 0 aliphatic carbocycles. The summed E-state index contributed by atoms with van der Waals surface area (Å²) in [4.78, 5) is -0.836. The third-order valence-corrected chi connectivity index (χ3v) is 5.31. The maximum atomic E-state index is 12.8. The molecule has 9 heteroatoms. The number of nitrogens with zero attached hydrogens (tertiary/aromatic N) is 1. The molecular weight excluding hydrogens is 377 g/mol. The van der Waals surface area contributed by atoms with Crippen LogP contribution in [0.25, 0.3) is 10.9 Å². The third kappa shape index (κ3) is 3.50. The van der Waals surface area contributed by atoms with Gasteiger partial charge in [-0.3, -0.25) is 5.10 Å². The van der Waals surface area contributed by atoms with E-state index < -0.39 is 20.2 Å². The molecule has 1 N–H and O–H groups in total. The van der Waals surface area contributed by atoms with Crippen molar-refractivity contribution in [3.63, 3.8) is 0 Å². The van der Waals surface area contributed by atoms with Crippen LogP contribution >= 0.6 is 11.6 Å². The highest BCUT2D eigenvalue weighted by Gasteiger charge is 2.48. The van der Waals surface area contributed by atoms with Crippen molar-refractivity contribution >= 4 is 32.3 Å². The predicted molar refractivity (Wildman–Crippen MR) is 90.3 cm³/mol. The summed E-state index contributed by atoms with van der Waals surface area (Å²) in [5.41, 5.74) is -4.05. The van der Waals surface area contributed by atoms with Gasteiger partial charge in [-0.15, -0.1) is 0 Å². The summed E-state index contributed by atoms with van der Waals surface area (Å²) in [5.74, 6) is 0. The van der Waals surface area contributed by atoms with Crippen molar-refractivity contribution in [3.05, 3.63) is 58.7 Å². The van der Waals surface area contributed by atoms with Gasteiger partial charge in [-0.1, -0.05) is 37.2 Å². The quantitative estimate of drug-likeness (QED) is 0.702. The second-order valence-electron chi connectivity index (χ2n) is 5.14. The number of hydrogen-bond acceptors (Lipinski definition) is 3. The third-order valence-electron chi connectivity index (χ3n) is 3.55. The van der Waals surface area contributed by atoms with Crippen LogP contribution in [0.4, 0.5) is 13.2 Å². The van der Waals surface area contributed by atoms with Gasteiger partial charge in [-0.05, 0) is 35.7 Å². The average molecular weight is 391 g/mol. The maximum absolute atomic E-state index is 12.8. The first-order chi connectivity index (χ1) is 11.2. The van der Waals surface area contributed by atoms with Crippen molar-refractivity contribution in [2.75, 3.05) is 0 Å². The van der Waals surface area contributed by atoms with E-state index in [-0.39, 0.29) is 12.9 Å². The zero-order chi connectivity index (χ0) is 17.5. The van der Waals surface area contributed by atoms with E-state index in [0.717, 1.165) is 11.6 Å². The number of alkyl halides is 3. The maximum Gasteiger partial charge on any atom is 0.501 e. The van der Waals surface area contributed by atoms with Crippen molar-refractivity contribution in [1.82, 2.24) is 10.2 Å². The lowest BCUT2D eigenvalue weighted by molar-refractivity contribution is -0.0435. The van der Waals surface area contributed by atoms with Gasteiger partial charge in [0, 0.05) is 10.4 Å². The minimum atomic E-state index is -5.46. The minimum absolute atomic E-state index is 0. The van der Waals surface area contributed by atoms with Gasteiger partial charge in [-0.2, -0.15) is 18.3 Å². The van der Waals surface area contributed by atoms with Crippen LogP contribution in [0.5, 0.6) is 0 Å². The Labute approximate surface area is 147 Å². The molecule has 0 spiro atoms. The molecule has 25 heavy (non-hydrogen) atoms. The number of sulfone groups is 1. The topological polar surface area (TPSA) is 62.8 Å². The molecule has 1 aromatic heterocycles. The number of aromatic amines is 1. The van der Waals surface area contributed by atoms with Crippen molar-refractivity contribution in [3.8, 4) is 0 Å². The van der Waals surface area contributed by atoms with E-state index in [4.69, 9.17) is 11.6 Å². The van der Waals surface area contributed by atoms with Gasteiger partial charge >= 0.3 is 5.51 Å². The summed E-state index contributed by atoms with van der Waals surface area (Å²) in [5, 5.41) is 6.90. The van der Waals surface area contributed by atoms with Crippen LogP contribution in [0, 0.1) is 0 Å². The standard InChI is InChI=1S/C15H10ClF3N2O2S.CH4/c16-11-3-1-2-9(7-11)6-10-4-5-13(14-12(10)8-20-21-14)24(22,23)15(17,18)19;/h1-5,7-8H,6H2,(H,20,21);1H4. The number of benzene rings is 2. The highest BCUT2D eigenvalue weighted by Crippen LogP contribution is 2.35. The minimum Gasteiger partial charge on any atom is -0.276 e. The summed E-state index contributed by atoms with van der Waals surface area (Å²) in [7, 11) is -5.46. The molecule has 3 aromatic rings. The molecule has 0 bridgehead atoms. The average Bonchev–Trinajstić information content (AvgIpc) is 2.96. The Morgan fingerprint density at radius 1 is 1.16 bits per heavy atom. The number of fused-ring (bicyclic) bond motifs is 1. The summed E-state index contributed by atoms with van der Waals surface area (Å²) >= 11 is 5.92. The van der Waals surface area contributed by atoms with Gasteiger partial charge in [0.25, 0.3) is 9.84 Å². The summed E-state index contributed by atoms with van der Waals surface area (Å²) in [6, 6.07) is 9.32. The lowest BCUT2D eigenvalue weighted by Gasteiger charge is -2.11. The number of aromatic nitrogens is 2. The summed E-state index contributed by atoms with van der Waals surface area (Å²) in [6.45, 7) is 0. The number of H-pyrrole nitrogens is 1. The van der Waals surface area contributed by atoms with E-state index in [2.05, 4.69) is 10.2 Å². The van der Waals surface area contributed by atoms with E-state index in [1.165, 1.54) is 12.3 Å². The molecule has 0 atom stereocenters. The van der Waals surface area contributed by atoms with Crippen LogP contribution in [0.15, 0.2) is 47.5 Å². The van der Waals surface area contributed by atoms with E-state index in [1.54, 1.807) is 18.2 Å². The van der Waals surface area contributed by atoms with Crippen LogP contribution < -0.4 is 0 Å².